The normalized spacial score (nSPS) is 28.4. The van der Waals surface area contributed by atoms with Gasteiger partial charge in [-0.15, -0.1) is 0 Å². The lowest BCUT2D eigenvalue weighted by Gasteiger charge is -2.41. The summed E-state index contributed by atoms with van der Waals surface area (Å²) in [4.78, 5) is 15.3. The molecule has 2 atom stereocenters. The van der Waals surface area contributed by atoms with Gasteiger partial charge in [0.1, 0.15) is 0 Å². The quantitative estimate of drug-likeness (QED) is 0.810. The van der Waals surface area contributed by atoms with Gasteiger partial charge < -0.3 is 4.90 Å². The van der Waals surface area contributed by atoms with Gasteiger partial charge in [-0.3, -0.25) is 15.6 Å². The molecule has 3 aliphatic rings. The largest absolute Gasteiger partial charge is 0.342 e. The summed E-state index contributed by atoms with van der Waals surface area (Å²) in [6, 6.07) is 11.4. The van der Waals surface area contributed by atoms with Crippen molar-refractivity contribution >= 4 is 5.91 Å². The molecule has 0 spiro atoms. The van der Waals surface area contributed by atoms with Crippen molar-refractivity contribution in [2.45, 2.75) is 70.8 Å². The first-order chi connectivity index (χ1) is 13.7. The van der Waals surface area contributed by atoms with Gasteiger partial charge in [0, 0.05) is 31.1 Å². The second-order valence-corrected chi connectivity index (χ2v) is 9.59. The first-order valence-electron chi connectivity index (χ1n) is 11.5. The number of aryl methyl sites for hydroxylation is 1. The lowest BCUT2D eigenvalue weighted by Crippen LogP contribution is -2.50. The van der Waals surface area contributed by atoms with Crippen LogP contribution in [0.15, 0.2) is 30.3 Å². The number of likely N-dealkylation sites (tertiary alicyclic amines) is 1. The summed E-state index contributed by atoms with van der Waals surface area (Å²) in [5, 5.41) is 0. The van der Waals surface area contributed by atoms with Crippen LogP contribution in [0.3, 0.4) is 0 Å². The predicted molar refractivity (Wildman–Crippen MR) is 114 cm³/mol. The van der Waals surface area contributed by atoms with Gasteiger partial charge in [0.2, 0.25) is 5.91 Å². The molecule has 4 rings (SSSR count). The molecule has 0 aromatic heterocycles. The van der Waals surface area contributed by atoms with Crippen LogP contribution in [0.2, 0.25) is 0 Å². The van der Waals surface area contributed by atoms with Crippen molar-refractivity contribution in [3.8, 4) is 0 Å². The molecule has 2 N–H and O–H groups in total. The molecule has 28 heavy (non-hydrogen) atoms. The maximum absolute atomic E-state index is 13.1. The van der Waals surface area contributed by atoms with Crippen molar-refractivity contribution in [2.24, 2.45) is 17.3 Å². The summed E-state index contributed by atoms with van der Waals surface area (Å²) in [6.45, 7) is 5.17. The maximum atomic E-state index is 13.1. The maximum Gasteiger partial charge on any atom is 0.228 e. The summed E-state index contributed by atoms with van der Waals surface area (Å²) in [5.74, 6) is 1.80. The summed E-state index contributed by atoms with van der Waals surface area (Å²) < 4.78 is 0. The highest BCUT2D eigenvalue weighted by atomic mass is 16.2. The van der Waals surface area contributed by atoms with Crippen molar-refractivity contribution in [3.63, 3.8) is 0 Å². The van der Waals surface area contributed by atoms with Crippen LogP contribution in [0.4, 0.5) is 0 Å². The van der Waals surface area contributed by atoms with Gasteiger partial charge in [-0.1, -0.05) is 56.5 Å². The fraction of sp³-hybridized carbons (Fsp3) is 0.708. The average molecular weight is 384 g/mol. The molecule has 2 aliphatic heterocycles. The van der Waals surface area contributed by atoms with Crippen LogP contribution in [-0.4, -0.2) is 36.5 Å². The van der Waals surface area contributed by atoms with Crippen molar-refractivity contribution in [1.29, 1.82) is 0 Å². The number of nitrogens with zero attached hydrogens (tertiary/aromatic N) is 1. The van der Waals surface area contributed by atoms with Crippen LogP contribution in [0.1, 0.15) is 63.9 Å². The first kappa shape index (κ1) is 19.9. The Morgan fingerprint density at radius 1 is 1.11 bits per heavy atom. The van der Waals surface area contributed by atoms with E-state index in [0.717, 1.165) is 51.7 Å². The van der Waals surface area contributed by atoms with E-state index in [2.05, 4.69) is 53.0 Å². The molecule has 1 amide bonds. The van der Waals surface area contributed by atoms with E-state index in [4.69, 9.17) is 0 Å². The van der Waals surface area contributed by atoms with Crippen LogP contribution in [-0.2, 0) is 11.2 Å². The molecule has 1 aromatic rings. The number of benzene rings is 1. The number of carbonyl (C=O) groups is 1. The zero-order valence-corrected chi connectivity index (χ0v) is 17.5. The van der Waals surface area contributed by atoms with E-state index in [1.165, 1.54) is 31.2 Å². The second kappa shape index (κ2) is 8.96. The Hall–Kier alpha value is -1.39. The zero-order valence-electron chi connectivity index (χ0n) is 17.5. The molecule has 3 fully saturated rings. The van der Waals surface area contributed by atoms with Crippen LogP contribution in [0, 0.1) is 17.3 Å². The second-order valence-electron chi connectivity index (χ2n) is 9.59. The van der Waals surface area contributed by atoms with Gasteiger partial charge in [-0.25, -0.2) is 0 Å². The molecule has 4 heteroatoms. The van der Waals surface area contributed by atoms with Gasteiger partial charge in [-0.2, -0.15) is 0 Å². The number of amides is 1. The number of carbonyl (C=O) groups excluding carboxylic acids is 1. The van der Waals surface area contributed by atoms with Crippen LogP contribution < -0.4 is 10.9 Å². The van der Waals surface area contributed by atoms with E-state index in [1.807, 2.05) is 0 Å². The first-order valence-corrected chi connectivity index (χ1v) is 11.5. The standard InChI is InChI=1S/C24H37N3O/c1-24(14-6-3-7-15-24)23(28)27-16-12-20(13-17-27)22-21(18-25-26-22)11-10-19-8-4-2-5-9-19/h2,4-5,8-9,20-22,25-26H,3,6-7,10-18H2,1H3. The Morgan fingerprint density at radius 3 is 2.54 bits per heavy atom. The molecule has 1 aliphatic carbocycles. The summed E-state index contributed by atoms with van der Waals surface area (Å²) in [7, 11) is 0. The van der Waals surface area contributed by atoms with E-state index in [9.17, 15) is 4.79 Å². The third-order valence-electron chi connectivity index (χ3n) is 7.60. The third-order valence-corrected chi connectivity index (χ3v) is 7.60. The predicted octanol–water partition coefficient (Wildman–Crippen LogP) is 3.92. The lowest BCUT2D eigenvalue weighted by molar-refractivity contribution is -0.144. The fourth-order valence-corrected chi connectivity index (χ4v) is 5.72. The molecular weight excluding hydrogens is 346 g/mol. The molecule has 154 valence electrons. The highest BCUT2D eigenvalue weighted by molar-refractivity contribution is 5.82. The van der Waals surface area contributed by atoms with E-state index < -0.39 is 0 Å². The number of nitrogens with one attached hydrogen (secondary N) is 2. The van der Waals surface area contributed by atoms with E-state index in [1.54, 1.807) is 0 Å². The molecule has 2 unspecified atom stereocenters. The van der Waals surface area contributed by atoms with Gasteiger partial charge in [0.25, 0.3) is 0 Å². The summed E-state index contributed by atoms with van der Waals surface area (Å²) in [5.41, 5.74) is 8.34. The Kier molecular flexibility index (Phi) is 6.37. The third kappa shape index (κ3) is 4.44. The molecular formula is C24H37N3O. The Morgan fingerprint density at radius 2 is 1.82 bits per heavy atom. The number of hydrogen-bond donors (Lipinski definition) is 2. The number of hydrazine groups is 1. The monoisotopic (exact) mass is 383 g/mol. The summed E-state index contributed by atoms with van der Waals surface area (Å²) in [6.07, 6.45) is 10.6. The molecule has 2 saturated heterocycles. The van der Waals surface area contributed by atoms with Gasteiger partial charge in [0.15, 0.2) is 0 Å². The highest BCUT2D eigenvalue weighted by Crippen LogP contribution is 2.39. The van der Waals surface area contributed by atoms with Crippen LogP contribution in [0.5, 0.6) is 0 Å². The van der Waals surface area contributed by atoms with Crippen molar-refractivity contribution in [2.75, 3.05) is 19.6 Å². The minimum absolute atomic E-state index is 0.0868. The van der Waals surface area contributed by atoms with Crippen LogP contribution in [0.25, 0.3) is 0 Å². The smallest absolute Gasteiger partial charge is 0.228 e. The van der Waals surface area contributed by atoms with Gasteiger partial charge in [0.05, 0.1) is 0 Å². The average Bonchev–Trinajstić information content (AvgIpc) is 3.22. The van der Waals surface area contributed by atoms with Gasteiger partial charge in [-0.05, 0) is 55.9 Å². The molecule has 2 heterocycles. The van der Waals surface area contributed by atoms with Gasteiger partial charge >= 0.3 is 0 Å². The van der Waals surface area contributed by atoms with Crippen LogP contribution >= 0.6 is 0 Å². The highest BCUT2D eigenvalue weighted by Gasteiger charge is 2.40. The number of piperidine rings is 1. The minimum atomic E-state index is -0.0868. The number of hydrogen-bond acceptors (Lipinski definition) is 3. The molecule has 0 radical (unpaired) electrons. The van der Waals surface area contributed by atoms with E-state index >= 15 is 0 Å². The van der Waals surface area contributed by atoms with Crippen molar-refractivity contribution in [3.05, 3.63) is 35.9 Å². The Bertz CT molecular complexity index is 633. The molecule has 1 saturated carbocycles. The zero-order chi connectivity index (χ0) is 19.4. The molecule has 0 bridgehead atoms. The van der Waals surface area contributed by atoms with E-state index in [0.29, 0.717) is 23.8 Å². The SMILES string of the molecule is CC1(C(=O)N2CCC(C3NNCC3CCc3ccccc3)CC2)CCCCC1. The molecule has 1 aromatic carbocycles. The summed E-state index contributed by atoms with van der Waals surface area (Å²) >= 11 is 0. The minimum Gasteiger partial charge on any atom is -0.342 e. The number of rotatable bonds is 5. The topological polar surface area (TPSA) is 44.4 Å². The Labute approximate surface area is 170 Å². The fourth-order valence-electron chi connectivity index (χ4n) is 5.72. The lowest BCUT2D eigenvalue weighted by atomic mass is 9.74. The van der Waals surface area contributed by atoms with E-state index in [-0.39, 0.29) is 5.41 Å². The Balaban J connectivity index is 1.28. The van der Waals surface area contributed by atoms with Crippen molar-refractivity contribution < 1.29 is 4.79 Å². The molecule has 4 nitrogen and oxygen atoms in total. The van der Waals surface area contributed by atoms with Crippen molar-refractivity contribution in [1.82, 2.24) is 15.8 Å².